The van der Waals surface area contributed by atoms with Gasteiger partial charge in [0.15, 0.2) is 18.0 Å². The highest BCUT2D eigenvalue weighted by Gasteiger charge is 2.62. The van der Waals surface area contributed by atoms with Crippen molar-refractivity contribution in [1.82, 2.24) is 19.7 Å². The minimum Gasteiger partial charge on any atom is -0.464 e. The number of benzene rings is 1. The summed E-state index contributed by atoms with van der Waals surface area (Å²) in [4.78, 5) is 41.2. The number of rotatable bonds is 13. The average Bonchev–Trinajstić information content (AvgIpc) is 3.68. The Morgan fingerprint density at radius 2 is 1.89 bits per heavy atom. The number of fused-ring (bicyclic) bond motifs is 1. The maximum Gasteiger partial charge on any atom is 0.459 e. The third-order valence-electron chi connectivity index (χ3n) is 7.26. The number of ether oxygens (including phenoxy) is 4. The van der Waals surface area contributed by atoms with Crippen molar-refractivity contribution in [3.63, 3.8) is 0 Å². The van der Waals surface area contributed by atoms with Crippen LogP contribution in [0.2, 0.25) is 0 Å². The van der Waals surface area contributed by atoms with E-state index in [1.807, 2.05) is 6.07 Å². The van der Waals surface area contributed by atoms with Gasteiger partial charge in [0, 0.05) is 13.8 Å². The Morgan fingerprint density at radius 3 is 2.54 bits per heavy atom. The van der Waals surface area contributed by atoms with Crippen LogP contribution in [0.15, 0.2) is 48.8 Å². The minimum absolute atomic E-state index is 0.124. The third-order valence-corrected chi connectivity index (χ3v) is 8.89. The monoisotopic (exact) mass is 656 g/mol. The lowest BCUT2D eigenvalue weighted by atomic mass is 9.95. The van der Waals surface area contributed by atoms with Crippen molar-refractivity contribution in [3.8, 4) is 11.8 Å². The van der Waals surface area contributed by atoms with Crippen molar-refractivity contribution in [3.05, 3.63) is 54.5 Å². The average molecular weight is 657 g/mol. The number of nitriles is 1. The number of hydrogen-bond donors (Lipinski definition) is 2. The first-order valence-corrected chi connectivity index (χ1v) is 15.9. The van der Waals surface area contributed by atoms with Crippen LogP contribution in [0.3, 0.4) is 0 Å². The summed E-state index contributed by atoms with van der Waals surface area (Å²) in [6.07, 6.45) is -1.11. The Bertz CT molecular complexity index is 1690. The lowest BCUT2D eigenvalue weighted by Gasteiger charge is -2.30. The van der Waals surface area contributed by atoms with Gasteiger partial charge in [-0.15, -0.1) is 0 Å². The van der Waals surface area contributed by atoms with Gasteiger partial charge in [-0.1, -0.05) is 18.2 Å². The molecule has 2 aromatic heterocycles. The summed E-state index contributed by atoms with van der Waals surface area (Å²) in [5, 5.41) is 17.3. The van der Waals surface area contributed by atoms with E-state index < -0.39 is 62.2 Å². The first-order chi connectivity index (χ1) is 21.9. The standard InChI is InChI=1S/C29H33N6O10P/c1-17(28(38)40-13-20-9-10-20)34-46(39,45-21-7-5-4-6-8-21)41-15-29(14-30)26(43-19(3)37)25(42-18(2)36)24(44-29)22-11-12-23-27(31)32-16-33-35(22)23/h4-8,11-12,16-17,20,24-26H,9-10,13,15H2,1-3H3,(H,34,39)(H2,31,32,33)/t17-,24-,25-,26-,29+,46?/m0/s1. The molecule has 244 valence electrons. The molecule has 0 amide bonds. The summed E-state index contributed by atoms with van der Waals surface area (Å²) in [7, 11) is -4.50. The number of hydrogen-bond acceptors (Lipinski definition) is 14. The van der Waals surface area contributed by atoms with Crippen molar-refractivity contribution in [2.24, 2.45) is 5.92 Å². The van der Waals surface area contributed by atoms with Crippen LogP contribution < -0.4 is 15.3 Å². The highest BCUT2D eigenvalue weighted by Crippen LogP contribution is 2.50. The number of carbonyl (C=O) groups excluding carboxylic acids is 3. The molecule has 0 spiro atoms. The maximum absolute atomic E-state index is 14.2. The third kappa shape index (κ3) is 7.29. The van der Waals surface area contributed by atoms with E-state index in [0.717, 1.165) is 26.7 Å². The van der Waals surface area contributed by atoms with Gasteiger partial charge in [-0.05, 0) is 49.9 Å². The first kappa shape index (κ1) is 32.8. The number of esters is 3. The van der Waals surface area contributed by atoms with Crippen LogP contribution in [0.5, 0.6) is 5.75 Å². The molecule has 1 unspecified atom stereocenters. The molecule has 6 atom stereocenters. The molecule has 2 aliphatic rings. The number of nitrogens with two attached hydrogens (primary N) is 1. The molecule has 3 heterocycles. The maximum atomic E-state index is 14.2. The van der Waals surface area contributed by atoms with Crippen LogP contribution >= 0.6 is 7.75 Å². The Morgan fingerprint density at radius 1 is 1.17 bits per heavy atom. The molecule has 1 aliphatic carbocycles. The molecule has 16 nitrogen and oxygen atoms in total. The number of nitrogen functional groups attached to an aromatic ring is 1. The fourth-order valence-electron chi connectivity index (χ4n) is 4.89. The Balaban J connectivity index is 1.48. The molecule has 1 aromatic carbocycles. The highest BCUT2D eigenvalue weighted by molar-refractivity contribution is 7.52. The van der Waals surface area contributed by atoms with Gasteiger partial charge < -0.3 is 29.2 Å². The quantitative estimate of drug-likeness (QED) is 0.154. The van der Waals surface area contributed by atoms with Crippen LogP contribution in [0, 0.1) is 17.2 Å². The largest absolute Gasteiger partial charge is 0.464 e. The van der Waals surface area contributed by atoms with Crippen molar-refractivity contribution >= 4 is 37.0 Å². The molecular weight excluding hydrogens is 623 g/mol. The summed E-state index contributed by atoms with van der Waals surface area (Å²) in [6.45, 7) is 3.05. The fourth-order valence-corrected chi connectivity index (χ4v) is 6.41. The van der Waals surface area contributed by atoms with E-state index in [4.69, 9.17) is 33.7 Å². The zero-order valence-corrected chi connectivity index (χ0v) is 26.1. The summed E-state index contributed by atoms with van der Waals surface area (Å²) in [6, 6.07) is 12.0. The summed E-state index contributed by atoms with van der Waals surface area (Å²) < 4.78 is 49.7. The van der Waals surface area contributed by atoms with E-state index in [9.17, 15) is 24.2 Å². The van der Waals surface area contributed by atoms with Crippen LogP contribution in [-0.4, -0.2) is 69.6 Å². The van der Waals surface area contributed by atoms with Crippen LogP contribution in [0.4, 0.5) is 5.82 Å². The molecular formula is C29H33N6O10P. The van der Waals surface area contributed by atoms with Gasteiger partial charge in [-0.2, -0.15) is 15.4 Å². The number of carbonyl (C=O) groups is 3. The van der Waals surface area contributed by atoms with Crippen LogP contribution in [-0.2, 0) is 42.4 Å². The Hall–Kier alpha value is -4.55. The molecule has 3 aromatic rings. The van der Waals surface area contributed by atoms with Gasteiger partial charge in [-0.25, -0.2) is 14.1 Å². The number of anilines is 1. The van der Waals surface area contributed by atoms with E-state index in [-0.39, 0.29) is 23.9 Å². The normalized spacial score (nSPS) is 24.3. The molecule has 0 radical (unpaired) electrons. The van der Waals surface area contributed by atoms with Crippen molar-refractivity contribution < 1.29 is 46.9 Å². The van der Waals surface area contributed by atoms with E-state index in [0.29, 0.717) is 11.4 Å². The SMILES string of the molecule is CC(=O)O[C@H]1[C@H](c2ccc3c(N)ncnn23)O[C@](C#N)(COP(=O)(N[C@@H](C)C(=O)OCC2CC2)Oc2ccccc2)[C@H]1OC(C)=O. The fraction of sp³-hybridized carbons (Fsp3) is 0.448. The molecule has 0 bridgehead atoms. The van der Waals surface area contributed by atoms with Gasteiger partial charge in [0.2, 0.25) is 5.60 Å². The predicted molar refractivity (Wildman–Crippen MR) is 158 cm³/mol. The first-order valence-electron chi connectivity index (χ1n) is 14.4. The predicted octanol–water partition coefficient (Wildman–Crippen LogP) is 2.64. The minimum atomic E-state index is -4.50. The topological polar surface area (TPSA) is 216 Å². The van der Waals surface area contributed by atoms with Gasteiger partial charge in [-0.3, -0.25) is 18.9 Å². The summed E-state index contributed by atoms with van der Waals surface area (Å²) in [5.41, 5.74) is 4.44. The number of nitrogens with one attached hydrogen (secondary N) is 1. The molecule has 17 heteroatoms. The number of aromatic nitrogens is 3. The smallest absolute Gasteiger partial charge is 0.459 e. The second-order valence-electron chi connectivity index (χ2n) is 10.9. The molecule has 5 rings (SSSR count). The van der Waals surface area contributed by atoms with E-state index in [1.165, 1.54) is 29.9 Å². The van der Waals surface area contributed by atoms with Crippen molar-refractivity contribution in [1.29, 1.82) is 5.26 Å². The second kappa shape index (κ2) is 13.4. The van der Waals surface area contributed by atoms with Crippen LogP contribution in [0.25, 0.3) is 5.52 Å². The summed E-state index contributed by atoms with van der Waals surface area (Å²) >= 11 is 0. The Kier molecular flexibility index (Phi) is 9.59. The lowest BCUT2D eigenvalue weighted by molar-refractivity contribution is -0.166. The molecule has 3 N–H and O–H groups in total. The van der Waals surface area contributed by atoms with E-state index in [1.54, 1.807) is 30.3 Å². The zero-order chi connectivity index (χ0) is 33.1. The lowest BCUT2D eigenvalue weighted by Crippen LogP contribution is -2.49. The van der Waals surface area contributed by atoms with Gasteiger partial charge >= 0.3 is 25.7 Å². The molecule has 1 aliphatic heterocycles. The second-order valence-corrected chi connectivity index (χ2v) is 12.6. The molecule has 1 saturated heterocycles. The van der Waals surface area contributed by atoms with Crippen molar-refractivity contribution in [2.45, 2.75) is 63.6 Å². The molecule has 2 fully saturated rings. The number of para-hydroxylation sites is 1. The molecule has 1 saturated carbocycles. The molecule has 46 heavy (non-hydrogen) atoms. The van der Waals surface area contributed by atoms with Gasteiger partial charge in [0.05, 0.1) is 12.3 Å². The summed E-state index contributed by atoms with van der Waals surface area (Å²) in [5.74, 6) is -1.71. The van der Waals surface area contributed by atoms with Gasteiger partial charge in [0.1, 0.15) is 42.4 Å². The van der Waals surface area contributed by atoms with E-state index in [2.05, 4.69) is 15.2 Å². The van der Waals surface area contributed by atoms with Crippen LogP contribution in [0.1, 0.15) is 45.4 Å². The zero-order valence-electron chi connectivity index (χ0n) is 25.2. The Labute approximate surface area is 263 Å². The highest BCUT2D eigenvalue weighted by atomic mass is 31.2. The van der Waals surface area contributed by atoms with E-state index >= 15 is 0 Å². The van der Waals surface area contributed by atoms with Gasteiger partial charge in [0.25, 0.3) is 0 Å². The van der Waals surface area contributed by atoms with Crippen molar-refractivity contribution in [2.75, 3.05) is 18.9 Å². The number of nitrogens with zero attached hydrogens (tertiary/aromatic N) is 4.